The standard InChI is InChI=1S/C23H34N4O3S/c1-26(19-10-3-2-4-11-19)15-8-14-24-23(28)18-9-7-16-27(17-18)22-20-12-5-6-13-21(20)31(29,30)25-22/h5-6,12-13,18-19H,2-4,7-11,14-17H2,1H3,(H,24,28). The molecule has 1 amide bonds. The molecule has 0 aromatic heterocycles. The summed E-state index contributed by atoms with van der Waals surface area (Å²) >= 11 is 0. The van der Waals surface area contributed by atoms with Crippen LogP contribution in [0.3, 0.4) is 0 Å². The number of amidine groups is 1. The lowest BCUT2D eigenvalue weighted by Gasteiger charge is -2.33. The van der Waals surface area contributed by atoms with Crippen molar-refractivity contribution in [2.24, 2.45) is 10.3 Å². The molecule has 1 saturated carbocycles. The summed E-state index contributed by atoms with van der Waals surface area (Å²) in [6.07, 6.45) is 9.25. The number of carbonyl (C=O) groups is 1. The number of hydrogen-bond acceptors (Lipinski definition) is 5. The van der Waals surface area contributed by atoms with Gasteiger partial charge in [0.15, 0.2) is 5.84 Å². The number of benzene rings is 1. The van der Waals surface area contributed by atoms with E-state index in [0.717, 1.165) is 32.4 Å². The van der Waals surface area contributed by atoms with E-state index in [1.54, 1.807) is 18.2 Å². The Morgan fingerprint density at radius 2 is 1.94 bits per heavy atom. The predicted octanol–water partition coefficient (Wildman–Crippen LogP) is 2.62. The van der Waals surface area contributed by atoms with Crippen molar-refractivity contribution in [2.45, 2.75) is 62.3 Å². The highest BCUT2D eigenvalue weighted by Crippen LogP contribution is 2.29. The van der Waals surface area contributed by atoms with Gasteiger partial charge in [0.25, 0.3) is 10.0 Å². The third-order valence-electron chi connectivity index (χ3n) is 6.89. The second-order valence-corrected chi connectivity index (χ2v) is 10.7. The minimum absolute atomic E-state index is 0.0692. The Labute approximate surface area is 186 Å². The topological polar surface area (TPSA) is 82.1 Å². The van der Waals surface area contributed by atoms with E-state index in [0.29, 0.717) is 30.5 Å². The minimum Gasteiger partial charge on any atom is -0.356 e. The number of fused-ring (bicyclic) bond motifs is 1. The second-order valence-electron chi connectivity index (χ2n) is 9.09. The van der Waals surface area contributed by atoms with Crippen molar-refractivity contribution in [3.05, 3.63) is 29.8 Å². The zero-order valence-electron chi connectivity index (χ0n) is 18.4. The van der Waals surface area contributed by atoms with Gasteiger partial charge in [-0.15, -0.1) is 4.40 Å². The maximum absolute atomic E-state index is 12.8. The van der Waals surface area contributed by atoms with Crippen LogP contribution in [0.25, 0.3) is 0 Å². The Bertz CT molecular complexity index is 925. The lowest BCUT2D eigenvalue weighted by Crippen LogP contribution is -2.45. The van der Waals surface area contributed by atoms with Crippen LogP contribution in [-0.4, -0.2) is 69.2 Å². The average molecular weight is 447 g/mol. The number of rotatable bonds is 6. The molecule has 8 heteroatoms. The Kier molecular flexibility index (Phi) is 6.96. The molecule has 0 bridgehead atoms. The van der Waals surface area contributed by atoms with Crippen molar-refractivity contribution in [3.63, 3.8) is 0 Å². The van der Waals surface area contributed by atoms with Crippen molar-refractivity contribution in [1.82, 2.24) is 15.1 Å². The Morgan fingerprint density at radius 3 is 2.74 bits per heavy atom. The number of nitrogens with one attached hydrogen (secondary N) is 1. The number of hydrogen-bond donors (Lipinski definition) is 1. The van der Waals surface area contributed by atoms with Gasteiger partial charge >= 0.3 is 0 Å². The number of nitrogens with zero attached hydrogens (tertiary/aromatic N) is 3. The van der Waals surface area contributed by atoms with Crippen LogP contribution in [0.1, 0.15) is 56.9 Å². The molecule has 1 unspecified atom stereocenters. The molecule has 0 spiro atoms. The van der Waals surface area contributed by atoms with Crippen molar-refractivity contribution in [2.75, 3.05) is 33.2 Å². The first kappa shape index (κ1) is 22.3. The quantitative estimate of drug-likeness (QED) is 0.680. The molecule has 3 aliphatic rings. The molecule has 1 aromatic rings. The lowest BCUT2D eigenvalue weighted by molar-refractivity contribution is -0.126. The van der Waals surface area contributed by atoms with Gasteiger partial charge in [-0.25, -0.2) is 0 Å². The maximum atomic E-state index is 12.8. The summed E-state index contributed by atoms with van der Waals surface area (Å²) in [5, 5.41) is 3.11. The van der Waals surface area contributed by atoms with E-state index < -0.39 is 10.0 Å². The smallest absolute Gasteiger partial charge is 0.285 e. The Hall–Kier alpha value is -1.93. The molecule has 1 atom stereocenters. The van der Waals surface area contributed by atoms with Crippen LogP contribution in [0.15, 0.2) is 33.6 Å². The molecule has 7 nitrogen and oxygen atoms in total. The van der Waals surface area contributed by atoms with E-state index in [-0.39, 0.29) is 16.7 Å². The number of carbonyl (C=O) groups excluding carboxylic acids is 1. The molecule has 1 N–H and O–H groups in total. The minimum atomic E-state index is -3.64. The zero-order chi connectivity index (χ0) is 21.8. The fourth-order valence-corrected chi connectivity index (χ4v) is 6.32. The van der Waals surface area contributed by atoms with Crippen molar-refractivity contribution < 1.29 is 13.2 Å². The van der Waals surface area contributed by atoms with Gasteiger partial charge in [0, 0.05) is 31.2 Å². The summed E-state index contributed by atoms with van der Waals surface area (Å²) in [5.74, 6) is 0.421. The molecule has 1 aliphatic carbocycles. The normalized spacial score (nSPS) is 23.5. The lowest BCUT2D eigenvalue weighted by atomic mass is 9.94. The number of amides is 1. The SMILES string of the molecule is CN(CCCNC(=O)C1CCCN(C2=NS(=O)(=O)c3ccccc32)C1)C1CCCCC1. The molecule has 0 radical (unpaired) electrons. The molecule has 31 heavy (non-hydrogen) atoms. The maximum Gasteiger partial charge on any atom is 0.285 e. The predicted molar refractivity (Wildman–Crippen MR) is 122 cm³/mol. The van der Waals surface area contributed by atoms with Gasteiger partial charge in [0.1, 0.15) is 4.90 Å². The number of piperidine rings is 1. The third kappa shape index (κ3) is 5.12. The van der Waals surface area contributed by atoms with Crippen LogP contribution in [0, 0.1) is 5.92 Å². The van der Waals surface area contributed by atoms with E-state index in [4.69, 9.17) is 0 Å². The molecule has 1 saturated heterocycles. The average Bonchev–Trinajstić information content (AvgIpc) is 3.08. The summed E-state index contributed by atoms with van der Waals surface area (Å²) in [6, 6.07) is 7.63. The summed E-state index contributed by atoms with van der Waals surface area (Å²) < 4.78 is 28.8. The van der Waals surface area contributed by atoms with Gasteiger partial charge < -0.3 is 15.1 Å². The fourth-order valence-electron chi connectivity index (χ4n) is 5.09. The van der Waals surface area contributed by atoms with Gasteiger partial charge in [0.2, 0.25) is 5.91 Å². The monoisotopic (exact) mass is 446 g/mol. The molecule has 2 heterocycles. The Morgan fingerprint density at radius 1 is 1.16 bits per heavy atom. The van der Waals surface area contributed by atoms with Crippen LogP contribution < -0.4 is 5.32 Å². The number of sulfonamides is 1. The molecule has 4 rings (SSSR count). The summed E-state index contributed by atoms with van der Waals surface area (Å²) in [6.45, 7) is 2.92. The van der Waals surface area contributed by atoms with Crippen molar-refractivity contribution in [3.8, 4) is 0 Å². The van der Waals surface area contributed by atoms with Gasteiger partial charge in [-0.05, 0) is 57.8 Å². The van der Waals surface area contributed by atoms with Gasteiger partial charge in [0.05, 0.1) is 5.92 Å². The van der Waals surface area contributed by atoms with Crippen LogP contribution in [0.5, 0.6) is 0 Å². The van der Waals surface area contributed by atoms with Gasteiger partial charge in [-0.3, -0.25) is 4.79 Å². The van der Waals surface area contributed by atoms with Crippen LogP contribution in [0.4, 0.5) is 0 Å². The highest BCUT2D eigenvalue weighted by atomic mass is 32.2. The molecule has 170 valence electrons. The van der Waals surface area contributed by atoms with Crippen LogP contribution in [0.2, 0.25) is 0 Å². The zero-order valence-corrected chi connectivity index (χ0v) is 19.2. The molecule has 2 fully saturated rings. The summed E-state index contributed by atoms with van der Waals surface area (Å²) in [4.78, 5) is 17.4. The van der Waals surface area contributed by atoms with Crippen molar-refractivity contribution in [1.29, 1.82) is 0 Å². The molecular weight excluding hydrogens is 412 g/mol. The first-order valence-corrected chi connectivity index (χ1v) is 13.1. The van der Waals surface area contributed by atoms with E-state index in [2.05, 4.69) is 21.7 Å². The van der Waals surface area contributed by atoms with E-state index in [9.17, 15) is 13.2 Å². The summed E-state index contributed by atoms with van der Waals surface area (Å²) in [5.41, 5.74) is 0.648. The molecule has 1 aromatic carbocycles. The third-order valence-corrected chi connectivity index (χ3v) is 8.21. The largest absolute Gasteiger partial charge is 0.356 e. The van der Waals surface area contributed by atoms with Crippen LogP contribution >= 0.6 is 0 Å². The summed E-state index contributed by atoms with van der Waals surface area (Å²) in [7, 11) is -1.44. The first-order valence-electron chi connectivity index (χ1n) is 11.6. The van der Waals surface area contributed by atoms with E-state index >= 15 is 0 Å². The fraction of sp³-hybridized carbons (Fsp3) is 0.652. The second kappa shape index (κ2) is 9.69. The van der Waals surface area contributed by atoms with Crippen LogP contribution in [-0.2, 0) is 14.8 Å². The van der Waals surface area contributed by atoms with Gasteiger partial charge in [-0.1, -0.05) is 31.4 Å². The molecular formula is C23H34N4O3S. The highest BCUT2D eigenvalue weighted by molar-refractivity contribution is 7.90. The molecule has 2 aliphatic heterocycles. The highest BCUT2D eigenvalue weighted by Gasteiger charge is 2.35. The number of likely N-dealkylation sites (tertiary alicyclic amines) is 1. The first-order chi connectivity index (χ1) is 15.0. The van der Waals surface area contributed by atoms with Crippen molar-refractivity contribution >= 4 is 21.8 Å². The van der Waals surface area contributed by atoms with Gasteiger partial charge in [-0.2, -0.15) is 8.42 Å². The van der Waals surface area contributed by atoms with E-state index in [1.807, 2.05) is 11.0 Å². The Balaban J connectivity index is 1.27. The van der Waals surface area contributed by atoms with E-state index in [1.165, 1.54) is 32.1 Å².